The average Bonchev–Trinajstić information content (AvgIpc) is 3.27. The number of alkyl halides is 24. The van der Waals surface area contributed by atoms with E-state index in [0.29, 0.717) is 5.75 Å². The third-order valence-electron chi connectivity index (χ3n) is 11.5. The van der Waals surface area contributed by atoms with Crippen LogP contribution in [0.15, 0.2) is 140 Å². The highest BCUT2D eigenvalue weighted by Crippen LogP contribution is 2.41. The van der Waals surface area contributed by atoms with Crippen LogP contribution in [0, 0.1) is 0 Å². The van der Waals surface area contributed by atoms with Crippen molar-refractivity contribution in [1.82, 2.24) is 0 Å². The maximum absolute atomic E-state index is 14.2. The van der Waals surface area contributed by atoms with Gasteiger partial charge in [0.05, 0.1) is 49.9 Å². The van der Waals surface area contributed by atoms with Gasteiger partial charge in [-0.1, -0.05) is 84.9 Å². The fraction of sp³-hybridized carbons (Fsp3) is 0.188. The number of nitrogens with zero attached hydrogens (tertiary/aromatic N) is 1. The highest BCUT2D eigenvalue weighted by molar-refractivity contribution is 7.20. The van der Waals surface area contributed by atoms with Gasteiger partial charge in [0.15, 0.2) is 12.7 Å². The topological polar surface area (TPSA) is 24.1 Å². The van der Waals surface area contributed by atoms with E-state index in [1.165, 1.54) is 5.56 Å². The van der Waals surface area contributed by atoms with Crippen molar-refractivity contribution in [3.8, 4) is 5.75 Å². The number of pyridine rings is 1. The Morgan fingerprint density at radius 3 is 0.867 bits per heavy atom. The highest BCUT2D eigenvalue weighted by atomic mass is 19.4. The van der Waals surface area contributed by atoms with E-state index >= 15 is 0 Å². The maximum Gasteiger partial charge on any atom is 0.416 e. The molecule has 0 bridgehead atoms. The van der Waals surface area contributed by atoms with E-state index in [1.807, 2.05) is 48.7 Å². The van der Waals surface area contributed by atoms with Crippen molar-refractivity contribution in [3.63, 3.8) is 0 Å². The van der Waals surface area contributed by atoms with Crippen molar-refractivity contribution >= 4 is 38.9 Å². The van der Waals surface area contributed by atoms with Gasteiger partial charge in [0, 0.05) is 17.7 Å². The summed E-state index contributed by atoms with van der Waals surface area (Å²) in [6, 6.07) is 11.0. The Morgan fingerprint density at radius 2 is 0.600 bits per heavy atom. The van der Waals surface area contributed by atoms with Crippen LogP contribution in [-0.4, -0.2) is 11.3 Å². The maximum atomic E-state index is 14.2. The Balaban J connectivity index is 0.000000421. The summed E-state index contributed by atoms with van der Waals surface area (Å²) in [6.45, 7) is 0.807. The number of phenols is 1. The summed E-state index contributed by atoms with van der Waals surface area (Å²) in [7, 11) is 0. The number of hydrogen-bond acceptors (Lipinski definition) is 1. The lowest BCUT2D eigenvalue weighted by atomic mass is 9.12. The Kier molecular flexibility index (Phi) is 14.9. The van der Waals surface area contributed by atoms with Gasteiger partial charge in [0.1, 0.15) is 11.9 Å². The molecule has 0 atom stereocenters. The number of rotatable bonds is 6. The molecule has 1 N–H and O–H groups in total. The number of phenolic OH excluding ortho intramolecular Hbond substituents is 1. The number of fused-ring (bicyclic) bond motifs is 1. The Bertz CT molecular complexity index is 2760. The van der Waals surface area contributed by atoms with E-state index in [-0.39, 0.29) is 0 Å². The molecule has 1 heterocycles. The molecule has 75 heavy (non-hydrogen) atoms. The number of benzene rings is 6. The number of hydrogen-bond donors (Lipinski definition) is 1. The summed E-state index contributed by atoms with van der Waals surface area (Å²) < 4.78 is 343. The molecule has 0 spiro atoms. The van der Waals surface area contributed by atoms with Gasteiger partial charge in [-0.15, -0.1) is 0 Å². The van der Waals surface area contributed by atoms with E-state index < -0.39 is 195 Å². The van der Waals surface area contributed by atoms with Crippen LogP contribution >= 0.6 is 0 Å². The SMILES string of the molecule is FC(F)(F)c1cc([B-](c2cc(C(F)(F)F)cc(C(F)(F)F)c2)(c2cc(C(F)(F)F)cc(C(F)(F)F)c2)c2cc(C(F)(F)F)cc(C(F)(F)F)c2)cc(C(F)(F)F)c1.Oc1cccc2c1ccc[n+]2Cc1ccccc1. The minimum atomic E-state index is -6.13. The lowest BCUT2D eigenvalue weighted by molar-refractivity contribution is -0.662. The van der Waals surface area contributed by atoms with Crippen LogP contribution in [0.2, 0.25) is 0 Å². The van der Waals surface area contributed by atoms with E-state index in [9.17, 15) is 110 Å². The number of aromatic nitrogens is 1. The van der Waals surface area contributed by atoms with Crippen molar-refractivity contribution in [2.45, 2.75) is 56.0 Å². The molecule has 0 aliphatic carbocycles. The molecule has 400 valence electrons. The largest absolute Gasteiger partial charge is 0.507 e. The van der Waals surface area contributed by atoms with E-state index in [4.69, 9.17) is 0 Å². The molecular formula is C48H26BF24NO. The van der Waals surface area contributed by atoms with Gasteiger partial charge < -0.3 is 5.11 Å². The molecule has 27 heteroatoms. The van der Waals surface area contributed by atoms with E-state index in [2.05, 4.69) is 16.7 Å². The molecular weight excluding hydrogens is 1070 g/mol. The van der Waals surface area contributed by atoms with Crippen LogP contribution in [0.25, 0.3) is 10.9 Å². The second-order valence-corrected chi connectivity index (χ2v) is 16.6. The third kappa shape index (κ3) is 12.7. The van der Waals surface area contributed by atoms with Crippen molar-refractivity contribution in [1.29, 1.82) is 0 Å². The molecule has 0 amide bonds. The van der Waals surface area contributed by atoms with Crippen molar-refractivity contribution in [3.05, 3.63) is 190 Å². The van der Waals surface area contributed by atoms with Gasteiger partial charge >= 0.3 is 49.4 Å². The molecule has 0 aliphatic heterocycles. The van der Waals surface area contributed by atoms with Crippen LogP contribution in [0.1, 0.15) is 50.1 Å². The lowest BCUT2D eigenvalue weighted by Gasteiger charge is -2.46. The molecule has 0 saturated heterocycles. The first-order valence-electron chi connectivity index (χ1n) is 20.6. The zero-order valence-corrected chi connectivity index (χ0v) is 36.5. The third-order valence-corrected chi connectivity index (χ3v) is 11.5. The smallest absolute Gasteiger partial charge is 0.416 e. The zero-order valence-electron chi connectivity index (χ0n) is 36.5. The minimum Gasteiger partial charge on any atom is -0.507 e. The highest BCUT2D eigenvalue weighted by Gasteiger charge is 2.47. The van der Waals surface area contributed by atoms with Gasteiger partial charge in [-0.05, 0) is 36.4 Å². The fourth-order valence-electron chi connectivity index (χ4n) is 8.27. The summed E-state index contributed by atoms with van der Waals surface area (Å²) in [5.74, 6) is 0.329. The van der Waals surface area contributed by atoms with Crippen molar-refractivity contribution in [2.24, 2.45) is 0 Å². The second kappa shape index (κ2) is 19.6. The summed E-state index contributed by atoms with van der Waals surface area (Å²) >= 11 is 0. The summed E-state index contributed by atoms with van der Waals surface area (Å²) in [5.41, 5.74) is -27.9. The molecule has 0 unspecified atom stereocenters. The van der Waals surface area contributed by atoms with Gasteiger partial charge in [0.2, 0.25) is 5.52 Å². The average molecular weight is 1100 g/mol. The summed E-state index contributed by atoms with van der Waals surface area (Å²) in [5, 5.41) is 10.7. The van der Waals surface area contributed by atoms with Gasteiger partial charge in [-0.2, -0.15) is 132 Å². The lowest BCUT2D eigenvalue weighted by Crippen LogP contribution is -2.75. The van der Waals surface area contributed by atoms with Crippen LogP contribution in [0.3, 0.4) is 0 Å². The Morgan fingerprint density at radius 1 is 0.320 bits per heavy atom. The predicted octanol–water partition coefficient (Wildman–Crippen LogP) is 14.1. The molecule has 0 aliphatic rings. The molecule has 0 radical (unpaired) electrons. The van der Waals surface area contributed by atoms with Crippen LogP contribution in [-0.2, 0) is 56.0 Å². The summed E-state index contributed by atoms with van der Waals surface area (Å²) in [6.07, 6.45) is -52.8. The van der Waals surface area contributed by atoms with Crippen molar-refractivity contribution < 1.29 is 115 Å². The van der Waals surface area contributed by atoms with Gasteiger partial charge in [-0.25, -0.2) is 0 Å². The molecule has 0 saturated carbocycles. The monoisotopic (exact) mass is 1100 g/mol. The Labute approximate surface area is 405 Å². The molecule has 7 aromatic rings. The molecule has 1 aromatic heterocycles. The van der Waals surface area contributed by atoms with E-state index in [1.54, 1.807) is 6.07 Å². The van der Waals surface area contributed by atoms with Crippen LogP contribution < -0.4 is 26.4 Å². The molecule has 2 nitrogen and oxygen atoms in total. The predicted molar refractivity (Wildman–Crippen MR) is 221 cm³/mol. The minimum absolute atomic E-state index is 0.329. The van der Waals surface area contributed by atoms with Crippen LogP contribution in [0.4, 0.5) is 105 Å². The first-order valence-corrected chi connectivity index (χ1v) is 20.6. The van der Waals surface area contributed by atoms with Gasteiger partial charge in [0.25, 0.3) is 0 Å². The van der Waals surface area contributed by atoms with Gasteiger partial charge in [-0.3, -0.25) is 0 Å². The molecule has 0 fully saturated rings. The normalized spacial score (nSPS) is 13.4. The zero-order chi connectivity index (χ0) is 56.3. The Hall–Kier alpha value is -7.09. The van der Waals surface area contributed by atoms with Crippen molar-refractivity contribution in [2.75, 3.05) is 0 Å². The summed E-state index contributed by atoms with van der Waals surface area (Å²) in [4.78, 5) is 0. The quantitative estimate of drug-likeness (QED) is 0.100. The first-order chi connectivity index (χ1) is 34.1. The molecule has 7 rings (SSSR count). The second-order valence-electron chi connectivity index (χ2n) is 16.6. The van der Waals surface area contributed by atoms with E-state index in [0.717, 1.165) is 17.4 Å². The standard InChI is InChI=1S/C32H12BF24.C16H13NO/c34-25(35,36)13-1-14(26(37,38)39)6-21(5-13)33(22-7-15(27(40,41)42)2-16(8-22)28(43,44)45,23-9-17(29(46,47)48)3-18(10-23)30(49,50)51)24-11-19(31(52,53)54)4-20(12-24)32(55,56)57;18-16-10-4-9-15-14(16)8-5-11-17(15)12-13-6-2-1-3-7-13/h1-12H;1-11H,12H2/q-1;/p+1. The fourth-order valence-corrected chi connectivity index (χ4v) is 8.27. The molecule has 6 aromatic carbocycles. The number of halogens is 24. The number of aromatic hydroxyl groups is 1. The first kappa shape index (κ1) is 57.2. The van der Waals surface area contributed by atoms with Crippen LogP contribution in [0.5, 0.6) is 5.75 Å².